The van der Waals surface area contributed by atoms with Crippen LogP contribution in [0.15, 0.2) is 24.3 Å². The molecule has 3 unspecified atom stereocenters. The van der Waals surface area contributed by atoms with Crippen molar-refractivity contribution in [3.8, 4) is 5.75 Å². The predicted octanol–water partition coefficient (Wildman–Crippen LogP) is -0.890. The first-order chi connectivity index (χ1) is 13.7. The molecule has 29 heavy (non-hydrogen) atoms. The summed E-state index contributed by atoms with van der Waals surface area (Å²) in [7, 11) is 0. The molecule has 0 saturated carbocycles. The maximum absolute atomic E-state index is 12.4. The molecule has 0 bridgehead atoms. The van der Waals surface area contributed by atoms with Gasteiger partial charge in [0.05, 0.1) is 13.1 Å². The molecule has 0 heterocycles. The number of aromatic hydroxyl groups is 1. The average molecular weight is 408 g/mol. The highest BCUT2D eigenvalue weighted by atomic mass is 16.4. The van der Waals surface area contributed by atoms with Crippen LogP contribution < -0.4 is 21.7 Å². The monoisotopic (exact) mass is 408 g/mol. The van der Waals surface area contributed by atoms with Gasteiger partial charge in [-0.1, -0.05) is 32.4 Å². The minimum atomic E-state index is -1.23. The zero-order chi connectivity index (χ0) is 22.0. The fraction of sp³-hybridized carbons (Fsp3) is 0.474. The number of hydrogen-bond donors (Lipinski definition) is 6. The summed E-state index contributed by atoms with van der Waals surface area (Å²) in [6.07, 6.45) is 0.625. The second kappa shape index (κ2) is 11.6. The highest BCUT2D eigenvalue weighted by molar-refractivity contribution is 5.92. The number of carboxylic acid groups (broad SMARTS) is 1. The van der Waals surface area contributed by atoms with Crippen molar-refractivity contribution in [1.29, 1.82) is 0 Å². The SMILES string of the molecule is CCC(C)C(NC(=O)CN)C(=O)NCC(=O)NC(Cc1ccc(O)cc1)C(=O)O. The number of aliphatic carboxylic acids is 1. The Bertz CT molecular complexity index is 722. The minimum absolute atomic E-state index is 0.0113. The summed E-state index contributed by atoms with van der Waals surface area (Å²) in [5.41, 5.74) is 5.87. The van der Waals surface area contributed by atoms with Gasteiger partial charge in [-0.25, -0.2) is 4.79 Å². The molecule has 10 heteroatoms. The van der Waals surface area contributed by atoms with Crippen molar-refractivity contribution in [3.05, 3.63) is 29.8 Å². The minimum Gasteiger partial charge on any atom is -0.508 e. The molecule has 10 nitrogen and oxygen atoms in total. The number of nitrogens with one attached hydrogen (secondary N) is 3. The topological polar surface area (TPSA) is 171 Å². The zero-order valence-electron chi connectivity index (χ0n) is 16.5. The van der Waals surface area contributed by atoms with Gasteiger partial charge in [-0.2, -0.15) is 0 Å². The summed E-state index contributed by atoms with van der Waals surface area (Å²) in [5, 5.41) is 25.9. The van der Waals surface area contributed by atoms with Crippen LogP contribution in [0.2, 0.25) is 0 Å². The van der Waals surface area contributed by atoms with E-state index in [0.29, 0.717) is 12.0 Å². The lowest BCUT2D eigenvalue weighted by molar-refractivity contribution is -0.141. The van der Waals surface area contributed by atoms with E-state index in [2.05, 4.69) is 16.0 Å². The lowest BCUT2D eigenvalue weighted by Crippen LogP contribution is -2.54. The molecule has 1 aromatic rings. The molecule has 7 N–H and O–H groups in total. The molecule has 0 saturated heterocycles. The Balaban J connectivity index is 2.65. The number of carbonyl (C=O) groups is 4. The number of benzene rings is 1. The van der Waals surface area contributed by atoms with E-state index in [1.165, 1.54) is 12.1 Å². The molecule has 0 radical (unpaired) electrons. The number of rotatable bonds is 11. The number of hydrogen-bond acceptors (Lipinski definition) is 6. The van der Waals surface area contributed by atoms with Crippen LogP contribution >= 0.6 is 0 Å². The van der Waals surface area contributed by atoms with E-state index in [1.54, 1.807) is 19.1 Å². The van der Waals surface area contributed by atoms with Crippen molar-refractivity contribution in [2.45, 2.75) is 38.8 Å². The van der Waals surface area contributed by atoms with E-state index in [4.69, 9.17) is 5.73 Å². The molecule has 3 atom stereocenters. The maximum Gasteiger partial charge on any atom is 0.326 e. The van der Waals surface area contributed by atoms with Crippen molar-refractivity contribution in [1.82, 2.24) is 16.0 Å². The summed E-state index contributed by atoms with van der Waals surface area (Å²) in [6.45, 7) is 2.92. The lowest BCUT2D eigenvalue weighted by atomic mass is 9.98. The van der Waals surface area contributed by atoms with Crippen LogP contribution in [-0.2, 0) is 25.6 Å². The van der Waals surface area contributed by atoms with Gasteiger partial charge in [-0.3, -0.25) is 14.4 Å². The summed E-state index contributed by atoms with van der Waals surface area (Å²) < 4.78 is 0. The molecule has 1 rings (SSSR count). The van der Waals surface area contributed by atoms with Crippen molar-refractivity contribution in [3.63, 3.8) is 0 Å². The van der Waals surface area contributed by atoms with Crippen LogP contribution in [-0.4, -0.2) is 59.1 Å². The highest BCUT2D eigenvalue weighted by Crippen LogP contribution is 2.11. The third kappa shape index (κ3) is 8.18. The summed E-state index contributed by atoms with van der Waals surface area (Å²) in [5.74, 6) is -3.10. The average Bonchev–Trinajstić information content (AvgIpc) is 2.70. The van der Waals surface area contributed by atoms with E-state index in [9.17, 15) is 29.4 Å². The fourth-order valence-corrected chi connectivity index (χ4v) is 2.52. The van der Waals surface area contributed by atoms with Crippen molar-refractivity contribution in [2.24, 2.45) is 11.7 Å². The van der Waals surface area contributed by atoms with Gasteiger partial charge in [0.2, 0.25) is 17.7 Å². The Hall–Kier alpha value is -3.14. The Morgan fingerprint density at radius 1 is 1.07 bits per heavy atom. The maximum atomic E-state index is 12.4. The standard InChI is InChI=1S/C19H28N4O6/c1-3-11(2)17(23-15(25)9-20)18(27)21-10-16(26)22-14(19(28)29)8-12-4-6-13(24)7-5-12/h4-7,11,14,17,24H,3,8-10,20H2,1-2H3,(H,21,27)(H,22,26)(H,23,25)(H,28,29). The molecule has 0 spiro atoms. The van der Waals surface area contributed by atoms with Gasteiger partial charge in [-0.15, -0.1) is 0 Å². The van der Waals surface area contributed by atoms with Gasteiger partial charge in [0, 0.05) is 6.42 Å². The predicted molar refractivity (Wildman–Crippen MR) is 105 cm³/mol. The van der Waals surface area contributed by atoms with Crippen LogP contribution in [0.25, 0.3) is 0 Å². The molecule has 0 aliphatic carbocycles. The summed E-state index contributed by atoms with van der Waals surface area (Å²) in [6, 6.07) is 3.89. The van der Waals surface area contributed by atoms with Crippen molar-refractivity contribution < 1.29 is 29.4 Å². The molecular weight excluding hydrogens is 380 g/mol. The Labute approximate surface area is 168 Å². The quantitative estimate of drug-likeness (QED) is 0.276. The van der Waals surface area contributed by atoms with Crippen LogP contribution in [0.4, 0.5) is 0 Å². The largest absolute Gasteiger partial charge is 0.508 e. The molecule has 3 amide bonds. The second-order valence-corrected chi connectivity index (χ2v) is 6.68. The van der Waals surface area contributed by atoms with E-state index >= 15 is 0 Å². The first-order valence-corrected chi connectivity index (χ1v) is 9.25. The summed E-state index contributed by atoms with van der Waals surface area (Å²) >= 11 is 0. The molecule has 0 aliphatic heterocycles. The highest BCUT2D eigenvalue weighted by Gasteiger charge is 2.26. The summed E-state index contributed by atoms with van der Waals surface area (Å²) in [4.78, 5) is 47.4. The van der Waals surface area contributed by atoms with Gasteiger partial charge in [0.15, 0.2) is 0 Å². The first-order valence-electron chi connectivity index (χ1n) is 9.25. The molecule has 160 valence electrons. The lowest BCUT2D eigenvalue weighted by Gasteiger charge is -2.23. The van der Waals surface area contributed by atoms with E-state index in [-0.39, 0.29) is 24.6 Å². The third-order valence-electron chi connectivity index (χ3n) is 4.43. The fourth-order valence-electron chi connectivity index (χ4n) is 2.52. The van der Waals surface area contributed by atoms with Gasteiger partial charge >= 0.3 is 5.97 Å². The smallest absolute Gasteiger partial charge is 0.326 e. The normalized spacial score (nSPS) is 13.6. The molecular formula is C19H28N4O6. The number of nitrogens with two attached hydrogens (primary N) is 1. The third-order valence-corrected chi connectivity index (χ3v) is 4.43. The van der Waals surface area contributed by atoms with Crippen molar-refractivity contribution >= 4 is 23.7 Å². The van der Waals surface area contributed by atoms with Crippen LogP contribution in [0.1, 0.15) is 25.8 Å². The van der Waals surface area contributed by atoms with E-state index in [0.717, 1.165) is 0 Å². The number of phenols is 1. The van der Waals surface area contributed by atoms with E-state index in [1.807, 2.05) is 6.92 Å². The number of phenolic OH excluding ortho intramolecular Hbond substituents is 1. The van der Waals surface area contributed by atoms with Crippen molar-refractivity contribution in [2.75, 3.05) is 13.1 Å². The number of carbonyl (C=O) groups excluding carboxylic acids is 3. The molecule has 0 aromatic heterocycles. The number of amides is 3. The van der Waals surface area contributed by atoms with Crippen LogP contribution in [0.3, 0.4) is 0 Å². The van der Waals surface area contributed by atoms with Crippen LogP contribution in [0.5, 0.6) is 5.75 Å². The van der Waals surface area contributed by atoms with Gasteiger partial charge < -0.3 is 31.9 Å². The van der Waals surface area contributed by atoms with Crippen LogP contribution in [0, 0.1) is 5.92 Å². The Morgan fingerprint density at radius 2 is 1.69 bits per heavy atom. The molecule has 0 aliphatic rings. The Morgan fingerprint density at radius 3 is 2.21 bits per heavy atom. The first kappa shape index (κ1) is 23.9. The van der Waals surface area contributed by atoms with E-state index < -0.39 is 42.3 Å². The van der Waals surface area contributed by atoms with Gasteiger partial charge in [0.1, 0.15) is 17.8 Å². The molecule has 0 fully saturated rings. The second-order valence-electron chi connectivity index (χ2n) is 6.68. The van der Waals surface area contributed by atoms with Gasteiger partial charge in [0.25, 0.3) is 0 Å². The zero-order valence-corrected chi connectivity index (χ0v) is 16.5. The Kier molecular flexibility index (Phi) is 9.60. The molecule has 1 aromatic carbocycles. The van der Waals surface area contributed by atoms with Gasteiger partial charge in [-0.05, 0) is 23.6 Å². The number of carboxylic acids is 1.